The number of anilines is 1. The Kier molecular flexibility index (Phi) is 3.58. The summed E-state index contributed by atoms with van der Waals surface area (Å²) in [5.74, 6) is 0. The molecular weight excluding hydrogens is 218 g/mol. The molecule has 0 amide bonds. The molecule has 1 saturated heterocycles. The summed E-state index contributed by atoms with van der Waals surface area (Å²) in [5, 5.41) is 11.0. The minimum absolute atomic E-state index is 0.206. The van der Waals surface area contributed by atoms with Crippen LogP contribution >= 0.6 is 0 Å². The van der Waals surface area contributed by atoms with Crippen molar-refractivity contribution in [3.63, 3.8) is 0 Å². The van der Waals surface area contributed by atoms with Gasteiger partial charge in [0.1, 0.15) is 5.69 Å². The third-order valence-corrected chi connectivity index (χ3v) is 3.14. The number of benzene rings is 1. The van der Waals surface area contributed by atoms with E-state index < -0.39 is 0 Å². The van der Waals surface area contributed by atoms with Gasteiger partial charge < -0.3 is 9.80 Å². The number of para-hydroxylation sites is 2. The van der Waals surface area contributed by atoms with Crippen LogP contribution in [0.5, 0.6) is 0 Å². The van der Waals surface area contributed by atoms with Crippen LogP contribution in [0.15, 0.2) is 24.3 Å². The van der Waals surface area contributed by atoms with Crippen molar-refractivity contribution >= 4 is 11.4 Å². The van der Waals surface area contributed by atoms with Crippen molar-refractivity contribution in [2.75, 3.05) is 38.1 Å². The van der Waals surface area contributed by atoms with Gasteiger partial charge in [-0.3, -0.25) is 10.1 Å². The van der Waals surface area contributed by atoms with Crippen molar-refractivity contribution < 1.29 is 4.92 Å². The molecule has 1 aliphatic heterocycles. The first-order chi connectivity index (χ1) is 8.18. The lowest BCUT2D eigenvalue weighted by molar-refractivity contribution is -0.384. The Labute approximate surface area is 101 Å². The molecule has 0 saturated carbocycles. The number of hydrogen-bond donors (Lipinski definition) is 0. The summed E-state index contributed by atoms with van der Waals surface area (Å²) in [6.07, 6.45) is 1.04. The molecule has 0 radical (unpaired) electrons. The van der Waals surface area contributed by atoms with Crippen molar-refractivity contribution in [3.8, 4) is 0 Å². The van der Waals surface area contributed by atoms with E-state index in [2.05, 4.69) is 16.8 Å². The van der Waals surface area contributed by atoms with Gasteiger partial charge in [-0.1, -0.05) is 12.1 Å². The quantitative estimate of drug-likeness (QED) is 0.578. The summed E-state index contributed by atoms with van der Waals surface area (Å²) in [6.45, 7) is 3.74. The van der Waals surface area contributed by atoms with Gasteiger partial charge in [0.15, 0.2) is 0 Å². The van der Waals surface area contributed by atoms with Gasteiger partial charge in [-0.2, -0.15) is 0 Å². The highest BCUT2D eigenvalue weighted by Crippen LogP contribution is 2.28. The predicted octanol–water partition coefficient (Wildman–Crippen LogP) is 1.74. The summed E-state index contributed by atoms with van der Waals surface area (Å²) in [6, 6.07) is 6.98. The topological polar surface area (TPSA) is 49.6 Å². The van der Waals surface area contributed by atoms with Crippen LogP contribution < -0.4 is 4.90 Å². The van der Waals surface area contributed by atoms with Gasteiger partial charge in [0.05, 0.1) is 4.92 Å². The smallest absolute Gasteiger partial charge is 0.292 e. The summed E-state index contributed by atoms with van der Waals surface area (Å²) >= 11 is 0. The fourth-order valence-corrected chi connectivity index (χ4v) is 2.17. The van der Waals surface area contributed by atoms with E-state index in [4.69, 9.17) is 0 Å². The molecule has 0 unspecified atom stereocenters. The molecule has 5 heteroatoms. The van der Waals surface area contributed by atoms with E-state index in [1.807, 2.05) is 12.1 Å². The molecule has 0 bridgehead atoms. The van der Waals surface area contributed by atoms with Crippen molar-refractivity contribution in [3.05, 3.63) is 34.4 Å². The van der Waals surface area contributed by atoms with E-state index in [0.717, 1.165) is 38.3 Å². The highest BCUT2D eigenvalue weighted by molar-refractivity contribution is 5.63. The molecule has 0 aliphatic carbocycles. The van der Waals surface area contributed by atoms with Crippen molar-refractivity contribution in [1.29, 1.82) is 0 Å². The highest BCUT2D eigenvalue weighted by atomic mass is 16.6. The number of rotatable bonds is 2. The second-order valence-corrected chi connectivity index (χ2v) is 4.39. The molecule has 2 rings (SSSR count). The monoisotopic (exact) mass is 235 g/mol. The first kappa shape index (κ1) is 11.9. The second kappa shape index (κ2) is 5.14. The Morgan fingerprint density at radius 1 is 1.18 bits per heavy atom. The van der Waals surface area contributed by atoms with Gasteiger partial charge >= 0.3 is 0 Å². The van der Waals surface area contributed by atoms with Gasteiger partial charge in [0, 0.05) is 25.7 Å². The Morgan fingerprint density at radius 3 is 2.71 bits per heavy atom. The lowest BCUT2D eigenvalue weighted by atomic mass is 10.2. The minimum atomic E-state index is -0.302. The maximum atomic E-state index is 11.0. The average molecular weight is 235 g/mol. The number of hydrogen-bond acceptors (Lipinski definition) is 4. The number of nitrogens with zero attached hydrogens (tertiary/aromatic N) is 3. The lowest BCUT2D eigenvalue weighted by Crippen LogP contribution is -2.29. The maximum Gasteiger partial charge on any atom is 0.292 e. The third-order valence-electron chi connectivity index (χ3n) is 3.14. The first-order valence-electron chi connectivity index (χ1n) is 5.85. The molecule has 1 aromatic carbocycles. The van der Waals surface area contributed by atoms with E-state index in [9.17, 15) is 10.1 Å². The zero-order valence-corrected chi connectivity index (χ0v) is 10.0. The fourth-order valence-electron chi connectivity index (χ4n) is 2.17. The normalized spacial score (nSPS) is 17.8. The molecule has 0 aromatic heterocycles. The summed E-state index contributed by atoms with van der Waals surface area (Å²) in [4.78, 5) is 15.1. The van der Waals surface area contributed by atoms with Gasteiger partial charge in [0.25, 0.3) is 5.69 Å². The van der Waals surface area contributed by atoms with Crippen LogP contribution in [-0.2, 0) is 0 Å². The van der Waals surface area contributed by atoms with Gasteiger partial charge in [-0.15, -0.1) is 0 Å². The molecule has 5 nitrogen and oxygen atoms in total. The number of nitro groups is 1. The highest BCUT2D eigenvalue weighted by Gasteiger charge is 2.20. The largest absolute Gasteiger partial charge is 0.365 e. The summed E-state index contributed by atoms with van der Waals surface area (Å²) < 4.78 is 0. The summed E-state index contributed by atoms with van der Waals surface area (Å²) in [5.41, 5.74) is 0.949. The average Bonchev–Trinajstić information content (AvgIpc) is 2.54. The van der Waals surface area contributed by atoms with E-state index >= 15 is 0 Å². The Bertz CT molecular complexity index is 408. The number of nitro benzene ring substituents is 1. The van der Waals surface area contributed by atoms with Crippen molar-refractivity contribution in [2.45, 2.75) is 6.42 Å². The molecule has 1 heterocycles. The van der Waals surface area contributed by atoms with Gasteiger partial charge in [-0.05, 0) is 26.1 Å². The molecule has 1 fully saturated rings. The number of likely N-dealkylation sites (N-methyl/N-ethyl adjacent to an activating group) is 1. The molecule has 0 atom stereocenters. The van der Waals surface area contributed by atoms with E-state index in [-0.39, 0.29) is 10.6 Å². The van der Waals surface area contributed by atoms with Crippen LogP contribution in [0.25, 0.3) is 0 Å². The van der Waals surface area contributed by atoms with Crippen LogP contribution in [0.4, 0.5) is 11.4 Å². The second-order valence-electron chi connectivity index (χ2n) is 4.39. The summed E-state index contributed by atoms with van der Waals surface area (Å²) in [7, 11) is 2.09. The molecule has 1 aliphatic rings. The Hall–Kier alpha value is -1.62. The first-order valence-corrected chi connectivity index (χ1v) is 5.85. The fraction of sp³-hybridized carbons (Fsp3) is 0.500. The van der Waals surface area contributed by atoms with Gasteiger partial charge in [-0.25, -0.2) is 0 Å². The molecule has 17 heavy (non-hydrogen) atoms. The van der Waals surface area contributed by atoms with E-state index in [0.29, 0.717) is 0 Å². The van der Waals surface area contributed by atoms with Crippen LogP contribution in [0.2, 0.25) is 0 Å². The van der Waals surface area contributed by atoms with Crippen LogP contribution in [0.3, 0.4) is 0 Å². The van der Waals surface area contributed by atoms with Crippen LogP contribution in [0.1, 0.15) is 6.42 Å². The van der Waals surface area contributed by atoms with E-state index in [1.54, 1.807) is 12.1 Å². The molecule has 1 aromatic rings. The third kappa shape index (κ3) is 2.74. The maximum absolute atomic E-state index is 11.0. The molecular formula is C12H17N3O2. The van der Waals surface area contributed by atoms with E-state index in [1.165, 1.54) is 0 Å². The standard InChI is InChI=1S/C12H17N3O2/c1-13-7-4-8-14(10-9-13)11-5-2-3-6-12(11)15(16)17/h2-3,5-6H,4,7-10H2,1H3. The lowest BCUT2D eigenvalue weighted by Gasteiger charge is -2.22. The molecule has 92 valence electrons. The Balaban J connectivity index is 2.24. The van der Waals surface area contributed by atoms with Crippen LogP contribution in [0, 0.1) is 10.1 Å². The van der Waals surface area contributed by atoms with Crippen molar-refractivity contribution in [1.82, 2.24) is 4.90 Å². The van der Waals surface area contributed by atoms with Crippen LogP contribution in [-0.4, -0.2) is 43.0 Å². The zero-order valence-electron chi connectivity index (χ0n) is 10.0. The zero-order chi connectivity index (χ0) is 12.3. The molecule has 0 N–H and O–H groups in total. The van der Waals surface area contributed by atoms with Gasteiger partial charge in [0.2, 0.25) is 0 Å². The SMILES string of the molecule is CN1CCCN(c2ccccc2[N+](=O)[O-])CC1. The minimum Gasteiger partial charge on any atom is -0.365 e. The Morgan fingerprint density at radius 2 is 1.94 bits per heavy atom. The molecule has 0 spiro atoms. The predicted molar refractivity (Wildman–Crippen MR) is 67.4 cm³/mol. The van der Waals surface area contributed by atoms with Crippen molar-refractivity contribution in [2.24, 2.45) is 0 Å².